The Labute approximate surface area is 207 Å². The lowest BCUT2D eigenvalue weighted by atomic mass is 10.0. The predicted molar refractivity (Wildman–Crippen MR) is 133 cm³/mol. The number of halogens is 1. The highest BCUT2D eigenvalue weighted by molar-refractivity contribution is 9.10. The van der Waals surface area contributed by atoms with Crippen LogP contribution in [0.4, 0.5) is 0 Å². The first-order valence-electron chi connectivity index (χ1n) is 11.2. The minimum absolute atomic E-state index is 0.110. The molecule has 0 saturated heterocycles. The molecule has 0 spiro atoms. The fraction of sp³-hybridized carbons (Fsp3) is 0.250. The lowest BCUT2D eigenvalue weighted by Crippen LogP contribution is -2.14. The number of carbonyl (C=O) groups excluding carboxylic acids is 1. The summed E-state index contributed by atoms with van der Waals surface area (Å²) in [4.78, 5) is 13.0. The van der Waals surface area contributed by atoms with Gasteiger partial charge < -0.3 is 18.9 Å². The predicted octanol–water partition coefficient (Wildman–Crippen LogP) is 6.94. The van der Waals surface area contributed by atoms with Crippen LogP contribution in [0.2, 0.25) is 0 Å². The van der Waals surface area contributed by atoms with Gasteiger partial charge in [-0.3, -0.25) is 4.79 Å². The summed E-state index contributed by atoms with van der Waals surface area (Å²) in [6.07, 6.45) is 1.79. The van der Waals surface area contributed by atoms with Crippen molar-refractivity contribution >= 4 is 27.8 Å². The number of benzene rings is 3. The lowest BCUT2D eigenvalue weighted by molar-refractivity contribution is -0.0176. The van der Waals surface area contributed by atoms with Gasteiger partial charge in [-0.05, 0) is 53.8 Å². The van der Waals surface area contributed by atoms with Crippen LogP contribution in [-0.4, -0.2) is 12.6 Å². The second kappa shape index (κ2) is 9.28. The van der Waals surface area contributed by atoms with Gasteiger partial charge in [0.25, 0.3) is 0 Å². The fourth-order valence-electron chi connectivity index (χ4n) is 4.21. The summed E-state index contributed by atoms with van der Waals surface area (Å²) in [7, 11) is 0. The van der Waals surface area contributed by atoms with Crippen LogP contribution in [0, 0.1) is 6.92 Å². The molecule has 5 nitrogen and oxygen atoms in total. The van der Waals surface area contributed by atoms with Gasteiger partial charge >= 0.3 is 0 Å². The van der Waals surface area contributed by atoms with Crippen molar-refractivity contribution < 1.29 is 23.7 Å². The third kappa shape index (κ3) is 4.48. The Morgan fingerprint density at radius 2 is 1.91 bits per heavy atom. The Kier molecular flexibility index (Phi) is 6.19. The van der Waals surface area contributed by atoms with E-state index in [0.717, 1.165) is 32.5 Å². The Hall–Kier alpha value is -3.09. The Balaban J connectivity index is 1.36. The van der Waals surface area contributed by atoms with Crippen molar-refractivity contribution in [2.24, 2.45) is 0 Å². The molecule has 2 aliphatic rings. The van der Waals surface area contributed by atoms with Crippen molar-refractivity contribution in [3.05, 3.63) is 92.1 Å². The third-order valence-electron chi connectivity index (χ3n) is 5.99. The highest BCUT2D eigenvalue weighted by atomic mass is 79.9. The summed E-state index contributed by atoms with van der Waals surface area (Å²) >= 11 is 3.54. The first-order valence-corrected chi connectivity index (χ1v) is 12.0. The average Bonchev–Trinajstić information content (AvgIpc) is 3.13. The molecule has 0 atom stereocenters. The molecule has 0 aliphatic carbocycles. The maximum Gasteiger partial charge on any atom is 0.232 e. The average molecular weight is 521 g/mol. The molecule has 0 amide bonds. The van der Waals surface area contributed by atoms with Gasteiger partial charge in [-0.15, -0.1) is 0 Å². The Bertz CT molecular complexity index is 1290. The standard InChI is InChI=1S/C28H25BrO5/c1-16(2)19-6-4-18(5-7-19)9-25-27(30)26-17(3)8-23(12-24(26)34-25)32-14-21-11-22(29)10-20-13-31-15-33-28(20)21/h4-12,16H,13-15H2,1-3H3/b25-9-. The van der Waals surface area contributed by atoms with Crippen molar-refractivity contribution in [1.29, 1.82) is 0 Å². The molecule has 0 saturated carbocycles. The molecule has 0 bridgehead atoms. The molecule has 0 radical (unpaired) electrons. The van der Waals surface area contributed by atoms with E-state index in [4.69, 9.17) is 18.9 Å². The summed E-state index contributed by atoms with van der Waals surface area (Å²) < 4.78 is 24.1. The molecule has 3 aromatic rings. The smallest absolute Gasteiger partial charge is 0.232 e. The van der Waals surface area contributed by atoms with Gasteiger partial charge in [-0.2, -0.15) is 0 Å². The van der Waals surface area contributed by atoms with Gasteiger partial charge in [0.05, 0.1) is 12.2 Å². The molecule has 6 heteroatoms. The van der Waals surface area contributed by atoms with Crippen molar-refractivity contribution in [2.45, 2.75) is 39.9 Å². The van der Waals surface area contributed by atoms with Gasteiger partial charge in [-0.25, -0.2) is 0 Å². The normalized spacial score (nSPS) is 15.7. The van der Waals surface area contributed by atoms with Gasteiger partial charge in [-0.1, -0.05) is 54.0 Å². The van der Waals surface area contributed by atoms with E-state index in [-0.39, 0.29) is 12.6 Å². The Morgan fingerprint density at radius 3 is 2.68 bits per heavy atom. The van der Waals surface area contributed by atoms with E-state index in [0.29, 0.717) is 42.0 Å². The quantitative estimate of drug-likeness (QED) is 0.341. The van der Waals surface area contributed by atoms with E-state index in [9.17, 15) is 4.79 Å². The van der Waals surface area contributed by atoms with Crippen LogP contribution in [0.5, 0.6) is 17.2 Å². The summed E-state index contributed by atoms with van der Waals surface area (Å²) in [5, 5.41) is 0. The van der Waals surface area contributed by atoms with Crippen molar-refractivity contribution in [3.63, 3.8) is 0 Å². The summed E-state index contributed by atoms with van der Waals surface area (Å²) in [6, 6.07) is 15.8. The van der Waals surface area contributed by atoms with E-state index in [2.05, 4.69) is 41.9 Å². The molecular formula is C28H25BrO5. The number of Topliss-reactive ketones (excluding diaryl/α,β-unsaturated/α-hetero) is 1. The molecule has 0 unspecified atom stereocenters. The SMILES string of the molecule is Cc1cc(OCc2cc(Br)cc3c2OCOC3)cc2c1C(=O)/C(=C/c1ccc(C(C)C)cc1)O2. The second-order valence-electron chi connectivity index (χ2n) is 8.83. The number of ketones is 1. The monoisotopic (exact) mass is 520 g/mol. The van der Waals surface area contributed by atoms with Gasteiger partial charge in [0.2, 0.25) is 5.78 Å². The third-order valence-corrected chi connectivity index (χ3v) is 6.45. The van der Waals surface area contributed by atoms with Gasteiger partial charge in [0.1, 0.15) is 23.9 Å². The number of aryl methyl sites for hydroxylation is 1. The van der Waals surface area contributed by atoms with Crippen molar-refractivity contribution in [2.75, 3.05) is 6.79 Å². The largest absolute Gasteiger partial charge is 0.489 e. The van der Waals surface area contributed by atoms with Crippen LogP contribution in [0.25, 0.3) is 6.08 Å². The van der Waals surface area contributed by atoms with Crippen LogP contribution in [0.15, 0.2) is 58.8 Å². The minimum Gasteiger partial charge on any atom is -0.489 e. The molecule has 0 N–H and O–H groups in total. The molecule has 34 heavy (non-hydrogen) atoms. The highest BCUT2D eigenvalue weighted by Gasteiger charge is 2.30. The zero-order chi connectivity index (χ0) is 23.8. The first-order chi connectivity index (χ1) is 16.4. The van der Waals surface area contributed by atoms with Crippen molar-refractivity contribution in [1.82, 2.24) is 0 Å². The van der Waals surface area contributed by atoms with E-state index in [1.807, 2.05) is 37.3 Å². The molecule has 2 heterocycles. The summed E-state index contributed by atoms with van der Waals surface area (Å²) in [5.74, 6) is 2.62. The van der Waals surface area contributed by atoms with Crippen LogP contribution in [0.3, 0.4) is 0 Å². The van der Waals surface area contributed by atoms with Crippen LogP contribution in [-0.2, 0) is 18.0 Å². The summed E-state index contributed by atoms with van der Waals surface area (Å²) in [5.41, 5.74) is 5.49. The zero-order valence-corrected chi connectivity index (χ0v) is 20.9. The second-order valence-corrected chi connectivity index (χ2v) is 9.74. The fourth-order valence-corrected chi connectivity index (χ4v) is 4.77. The number of ether oxygens (including phenoxy) is 4. The topological polar surface area (TPSA) is 54.0 Å². The molecule has 174 valence electrons. The maximum atomic E-state index is 13.0. The van der Waals surface area contributed by atoms with Gasteiger partial charge in [0.15, 0.2) is 12.6 Å². The van der Waals surface area contributed by atoms with E-state index >= 15 is 0 Å². The van der Waals surface area contributed by atoms with E-state index in [1.54, 1.807) is 12.1 Å². The number of carbonyl (C=O) groups is 1. The van der Waals surface area contributed by atoms with Gasteiger partial charge in [0, 0.05) is 21.7 Å². The number of fused-ring (bicyclic) bond motifs is 2. The Morgan fingerprint density at radius 1 is 1.12 bits per heavy atom. The number of allylic oxidation sites excluding steroid dienone is 1. The molecule has 0 fully saturated rings. The summed E-state index contributed by atoms with van der Waals surface area (Å²) in [6.45, 7) is 7.26. The molecule has 5 rings (SSSR count). The van der Waals surface area contributed by atoms with Crippen LogP contribution < -0.4 is 14.2 Å². The minimum atomic E-state index is -0.110. The van der Waals surface area contributed by atoms with Crippen LogP contribution in [0.1, 0.15) is 57.9 Å². The number of hydrogen-bond acceptors (Lipinski definition) is 5. The lowest BCUT2D eigenvalue weighted by Gasteiger charge is -2.21. The number of rotatable bonds is 5. The molecular weight excluding hydrogens is 496 g/mol. The highest BCUT2D eigenvalue weighted by Crippen LogP contribution is 2.38. The maximum absolute atomic E-state index is 13.0. The first kappa shape index (κ1) is 22.7. The zero-order valence-electron chi connectivity index (χ0n) is 19.3. The van der Waals surface area contributed by atoms with E-state index < -0.39 is 0 Å². The molecule has 2 aliphatic heterocycles. The van der Waals surface area contributed by atoms with Crippen LogP contribution >= 0.6 is 15.9 Å². The van der Waals surface area contributed by atoms with Crippen molar-refractivity contribution in [3.8, 4) is 17.2 Å². The molecule has 3 aromatic carbocycles. The molecule has 0 aromatic heterocycles. The van der Waals surface area contributed by atoms with E-state index in [1.165, 1.54) is 5.56 Å². The number of hydrogen-bond donors (Lipinski definition) is 0.